The van der Waals surface area contributed by atoms with Gasteiger partial charge in [-0.3, -0.25) is 9.69 Å². The van der Waals surface area contributed by atoms with E-state index in [1.54, 1.807) is 12.1 Å². The highest BCUT2D eigenvalue weighted by Gasteiger charge is 2.38. The number of amides is 3. The van der Waals surface area contributed by atoms with Crippen molar-refractivity contribution in [3.05, 3.63) is 54.1 Å². The number of ether oxygens (including phenoxy) is 1. The summed E-state index contributed by atoms with van der Waals surface area (Å²) in [5, 5.41) is 2.50. The van der Waals surface area contributed by atoms with Crippen LogP contribution in [0.4, 0.5) is 4.79 Å². The normalized spacial score (nSPS) is 18.5. The molecular formula is C21H23N3O5S. The Kier molecular flexibility index (Phi) is 5.48. The maximum absolute atomic E-state index is 13.0. The standard InChI is InChI=1S/C21H23N3O5S/c1-15-4-2-3-5-19(15)29-17-6-8-18(9-7-17)30(27,28)23-12-10-16(11-13-23)24-20(25)14-22-21(24)26/h2-9,16H,10-14H2,1H3,(H,22,26). The lowest BCUT2D eigenvalue weighted by Gasteiger charge is -2.34. The molecule has 1 N–H and O–H groups in total. The monoisotopic (exact) mass is 429 g/mol. The first-order valence-corrected chi connectivity index (χ1v) is 11.2. The van der Waals surface area contributed by atoms with Crippen molar-refractivity contribution in [2.75, 3.05) is 19.6 Å². The highest BCUT2D eigenvalue weighted by atomic mass is 32.2. The number of hydrogen-bond donors (Lipinski definition) is 1. The Morgan fingerprint density at radius 2 is 1.67 bits per heavy atom. The summed E-state index contributed by atoms with van der Waals surface area (Å²) in [6.07, 6.45) is 0.847. The fourth-order valence-corrected chi connectivity index (χ4v) is 5.24. The van der Waals surface area contributed by atoms with Crippen LogP contribution in [0.3, 0.4) is 0 Å². The minimum absolute atomic E-state index is 0.00821. The zero-order chi connectivity index (χ0) is 21.3. The Morgan fingerprint density at radius 3 is 2.27 bits per heavy atom. The van der Waals surface area contributed by atoms with E-state index in [1.165, 1.54) is 21.3 Å². The summed E-state index contributed by atoms with van der Waals surface area (Å²) in [5.74, 6) is 1.02. The number of nitrogens with one attached hydrogen (secondary N) is 1. The molecule has 30 heavy (non-hydrogen) atoms. The number of piperidine rings is 1. The van der Waals surface area contributed by atoms with Gasteiger partial charge in [-0.1, -0.05) is 18.2 Å². The van der Waals surface area contributed by atoms with E-state index in [0.29, 0.717) is 18.6 Å². The molecule has 158 valence electrons. The number of carbonyl (C=O) groups is 2. The van der Waals surface area contributed by atoms with E-state index in [-0.39, 0.29) is 36.5 Å². The van der Waals surface area contributed by atoms with Crippen LogP contribution in [-0.4, -0.2) is 55.2 Å². The van der Waals surface area contributed by atoms with Crippen molar-refractivity contribution >= 4 is 22.0 Å². The van der Waals surface area contributed by atoms with E-state index < -0.39 is 16.1 Å². The van der Waals surface area contributed by atoms with Gasteiger partial charge in [-0.25, -0.2) is 13.2 Å². The molecule has 2 aromatic carbocycles. The lowest BCUT2D eigenvalue weighted by atomic mass is 10.1. The second-order valence-corrected chi connectivity index (χ2v) is 9.33. The van der Waals surface area contributed by atoms with Crippen LogP contribution < -0.4 is 10.1 Å². The smallest absolute Gasteiger partial charge is 0.324 e. The van der Waals surface area contributed by atoms with Gasteiger partial charge in [0, 0.05) is 19.1 Å². The van der Waals surface area contributed by atoms with E-state index in [9.17, 15) is 18.0 Å². The van der Waals surface area contributed by atoms with Gasteiger partial charge in [0.05, 0.1) is 11.4 Å². The number of aryl methyl sites for hydroxylation is 1. The van der Waals surface area contributed by atoms with Crippen LogP contribution in [0.1, 0.15) is 18.4 Å². The maximum atomic E-state index is 13.0. The molecule has 9 heteroatoms. The third-order valence-electron chi connectivity index (χ3n) is 5.45. The molecule has 0 unspecified atom stereocenters. The first kappa shape index (κ1) is 20.4. The molecule has 8 nitrogen and oxygen atoms in total. The van der Waals surface area contributed by atoms with Crippen molar-refractivity contribution in [1.82, 2.24) is 14.5 Å². The second-order valence-electron chi connectivity index (χ2n) is 7.40. The van der Waals surface area contributed by atoms with Gasteiger partial charge in [0.15, 0.2) is 0 Å². The molecular weight excluding hydrogens is 406 g/mol. The third kappa shape index (κ3) is 3.90. The van der Waals surface area contributed by atoms with E-state index in [4.69, 9.17) is 4.74 Å². The van der Waals surface area contributed by atoms with Crippen LogP contribution in [0, 0.1) is 6.92 Å². The molecule has 0 aromatic heterocycles. The van der Waals surface area contributed by atoms with Gasteiger partial charge in [-0.15, -0.1) is 0 Å². The molecule has 4 rings (SSSR count). The van der Waals surface area contributed by atoms with Crippen molar-refractivity contribution in [3.63, 3.8) is 0 Å². The van der Waals surface area contributed by atoms with Gasteiger partial charge < -0.3 is 10.1 Å². The van der Waals surface area contributed by atoms with E-state index >= 15 is 0 Å². The van der Waals surface area contributed by atoms with Gasteiger partial charge in [0.25, 0.3) is 0 Å². The molecule has 2 aliphatic heterocycles. The van der Waals surface area contributed by atoms with Crippen LogP contribution in [0.15, 0.2) is 53.4 Å². The van der Waals surface area contributed by atoms with Gasteiger partial charge in [-0.05, 0) is 55.7 Å². The SMILES string of the molecule is Cc1ccccc1Oc1ccc(S(=O)(=O)N2CCC(N3C(=O)CNC3=O)CC2)cc1. The minimum Gasteiger partial charge on any atom is -0.457 e. The largest absolute Gasteiger partial charge is 0.457 e. The molecule has 2 aliphatic rings. The number of para-hydroxylation sites is 1. The number of rotatable bonds is 5. The predicted molar refractivity (Wildman–Crippen MR) is 110 cm³/mol. The average Bonchev–Trinajstić information content (AvgIpc) is 3.08. The molecule has 2 heterocycles. The summed E-state index contributed by atoms with van der Waals surface area (Å²) >= 11 is 0. The van der Waals surface area contributed by atoms with Crippen molar-refractivity contribution in [1.29, 1.82) is 0 Å². The number of carbonyl (C=O) groups excluding carboxylic acids is 2. The molecule has 2 aromatic rings. The minimum atomic E-state index is -3.66. The molecule has 2 saturated heterocycles. The van der Waals surface area contributed by atoms with Gasteiger partial charge in [-0.2, -0.15) is 4.31 Å². The number of hydrogen-bond acceptors (Lipinski definition) is 5. The molecule has 0 atom stereocenters. The predicted octanol–water partition coefficient (Wildman–Crippen LogP) is 2.49. The van der Waals surface area contributed by atoms with E-state index in [0.717, 1.165) is 11.3 Å². The van der Waals surface area contributed by atoms with Gasteiger partial charge >= 0.3 is 6.03 Å². The first-order chi connectivity index (χ1) is 14.4. The van der Waals surface area contributed by atoms with Crippen LogP contribution in [0.5, 0.6) is 11.5 Å². The lowest BCUT2D eigenvalue weighted by Crippen LogP contribution is -2.48. The Balaban J connectivity index is 1.42. The number of urea groups is 1. The molecule has 3 amide bonds. The van der Waals surface area contributed by atoms with Crippen molar-refractivity contribution < 1.29 is 22.7 Å². The summed E-state index contributed by atoms with van der Waals surface area (Å²) in [7, 11) is -3.66. The zero-order valence-electron chi connectivity index (χ0n) is 16.6. The van der Waals surface area contributed by atoms with Crippen molar-refractivity contribution in [3.8, 4) is 11.5 Å². The van der Waals surface area contributed by atoms with Crippen LogP contribution in [0.25, 0.3) is 0 Å². The Labute approximate surface area is 175 Å². The molecule has 0 spiro atoms. The summed E-state index contributed by atoms with van der Waals surface area (Å²) in [6, 6.07) is 13.3. The second kappa shape index (κ2) is 8.08. The Bertz CT molecular complexity index is 1040. The zero-order valence-corrected chi connectivity index (χ0v) is 17.4. The summed E-state index contributed by atoms with van der Waals surface area (Å²) < 4.78 is 33.2. The van der Waals surface area contributed by atoms with Crippen LogP contribution in [0.2, 0.25) is 0 Å². The molecule has 0 aliphatic carbocycles. The molecule has 0 saturated carbocycles. The quantitative estimate of drug-likeness (QED) is 0.737. The maximum Gasteiger partial charge on any atom is 0.324 e. The van der Waals surface area contributed by atoms with Crippen molar-refractivity contribution in [2.24, 2.45) is 0 Å². The first-order valence-electron chi connectivity index (χ1n) is 9.80. The number of sulfonamides is 1. The Morgan fingerprint density at radius 1 is 1.00 bits per heavy atom. The fraction of sp³-hybridized carbons (Fsp3) is 0.333. The average molecular weight is 429 g/mol. The molecule has 0 radical (unpaired) electrons. The summed E-state index contributed by atoms with van der Waals surface area (Å²) in [4.78, 5) is 25.1. The summed E-state index contributed by atoms with van der Waals surface area (Å²) in [5.41, 5.74) is 0.988. The third-order valence-corrected chi connectivity index (χ3v) is 7.36. The van der Waals surface area contributed by atoms with Crippen LogP contribution in [-0.2, 0) is 14.8 Å². The van der Waals surface area contributed by atoms with Crippen LogP contribution >= 0.6 is 0 Å². The van der Waals surface area contributed by atoms with Crippen molar-refractivity contribution in [2.45, 2.75) is 30.7 Å². The number of benzene rings is 2. The van der Waals surface area contributed by atoms with Gasteiger partial charge in [0.2, 0.25) is 15.9 Å². The highest BCUT2D eigenvalue weighted by molar-refractivity contribution is 7.89. The van der Waals surface area contributed by atoms with Gasteiger partial charge in [0.1, 0.15) is 11.5 Å². The molecule has 0 bridgehead atoms. The number of imide groups is 1. The topological polar surface area (TPSA) is 96.0 Å². The number of nitrogens with zero attached hydrogens (tertiary/aromatic N) is 2. The lowest BCUT2D eigenvalue weighted by molar-refractivity contribution is -0.127. The summed E-state index contributed by atoms with van der Waals surface area (Å²) in [6.45, 7) is 2.46. The Hall–Kier alpha value is -2.91. The molecule has 2 fully saturated rings. The fourth-order valence-electron chi connectivity index (χ4n) is 3.77. The van der Waals surface area contributed by atoms with E-state index in [2.05, 4.69) is 5.32 Å². The van der Waals surface area contributed by atoms with E-state index in [1.807, 2.05) is 31.2 Å². The highest BCUT2D eigenvalue weighted by Crippen LogP contribution is 2.28.